The van der Waals surface area contributed by atoms with Crippen LogP contribution in [-0.4, -0.2) is 28.0 Å². The van der Waals surface area contributed by atoms with E-state index in [0.717, 1.165) is 15.7 Å². The maximum absolute atomic E-state index is 11.4. The van der Waals surface area contributed by atoms with Gasteiger partial charge in [-0.2, -0.15) is 5.10 Å². The van der Waals surface area contributed by atoms with E-state index in [4.69, 9.17) is 4.52 Å². The van der Waals surface area contributed by atoms with Crippen molar-refractivity contribution in [2.75, 3.05) is 7.11 Å². The number of ether oxygens (including phenoxy) is 1. The summed E-state index contributed by atoms with van der Waals surface area (Å²) in [6, 6.07) is 9.02. The topological polar surface area (TPSA) is 70.2 Å². The van der Waals surface area contributed by atoms with Crippen LogP contribution in [0.3, 0.4) is 0 Å². The monoisotopic (exact) mass is 347 g/mol. The molecule has 0 aliphatic heterocycles. The number of rotatable bonds is 3. The van der Waals surface area contributed by atoms with Crippen molar-refractivity contribution in [2.24, 2.45) is 0 Å². The zero-order valence-electron chi connectivity index (χ0n) is 11.0. The Balaban J connectivity index is 1.95. The number of aromatic nitrogens is 3. The van der Waals surface area contributed by atoms with Crippen LogP contribution in [0.5, 0.6) is 0 Å². The molecule has 0 fully saturated rings. The largest absolute Gasteiger partial charge is 0.464 e. The van der Waals surface area contributed by atoms with E-state index in [-0.39, 0.29) is 5.69 Å². The minimum absolute atomic E-state index is 0.139. The first kappa shape index (κ1) is 13.6. The van der Waals surface area contributed by atoms with E-state index < -0.39 is 5.97 Å². The van der Waals surface area contributed by atoms with Crippen LogP contribution in [0.25, 0.3) is 17.0 Å². The molecule has 0 bridgehead atoms. The Morgan fingerprint density at radius 1 is 1.38 bits per heavy atom. The van der Waals surface area contributed by atoms with Crippen molar-refractivity contribution >= 4 is 21.9 Å². The Labute approximate surface area is 128 Å². The number of hydrogen-bond donors (Lipinski definition) is 0. The molecule has 0 saturated carbocycles. The number of carbonyl (C=O) groups is 1. The first-order valence-electron chi connectivity index (χ1n) is 6.04. The lowest BCUT2D eigenvalue weighted by Gasteiger charge is -2.05. The summed E-state index contributed by atoms with van der Waals surface area (Å²) in [6.45, 7) is 0. The fraction of sp³-hybridized carbons (Fsp3) is 0.0714. The van der Waals surface area contributed by atoms with Gasteiger partial charge in [0.25, 0.3) is 0 Å². The summed E-state index contributed by atoms with van der Waals surface area (Å²) in [7, 11) is 1.30. The molecule has 7 heteroatoms. The second-order valence-electron chi connectivity index (χ2n) is 4.18. The number of benzene rings is 1. The second kappa shape index (κ2) is 5.53. The summed E-state index contributed by atoms with van der Waals surface area (Å²) < 4.78 is 12.4. The molecule has 2 heterocycles. The predicted molar refractivity (Wildman–Crippen MR) is 78.1 cm³/mol. The van der Waals surface area contributed by atoms with Gasteiger partial charge in [0.05, 0.1) is 12.8 Å². The van der Waals surface area contributed by atoms with Crippen LogP contribution in [0, 0.1) is 0 Å². The minimum atomic E-state index is -0.530. The van der Waals surface area contributed by atoms with Crippen molar-refractivity contribution in [3.63, 3.8) is 0 Å². The van der Waals surface area contributed by atoms with Crippen LogP contribution < -0.4 is 0 Å². The molecule has 0 unspecified atom stereocenters. The van der Waals surface area contributed by atoms with Gasteiger partial charge in [-0.05, 0) is 40.2 Å². The standard InChI is InChI=1S/C14H10BrN3O3/c1-20-14(19)11-8-13(21-17-11)9-3-4-12(10(15)7-9)18-6-2-5-16-18/h2-8H,1H3. The van der Waals surface area contributed by atoms with Gasteiger partial charge in [-0.15, -0.1) is 0 Å². The molecule has 0 radical (unpaired) electrons. The molecular weight excluding hydrogens is 338 g/mol. The number of methoxy groups -OCH3 is 1. The molecule has 3 rings (SSSR count). The van der Waals surface area contributed by atoms with Crippen molar-refractivity contribution in [1.29, 1.82) is 0 Å². The van der Waals surface area contributed by atoms with E-state index in [1.807, 2.05) is 30.5 Å². The molecule has 0 spiro atoms. The lowest BCUT2D eigenvalue weighted by atomic mass is 10.1. The zero-order chi connectivity index (χ0) is 14.8. The number of halogens is 1. The molecule has 106 valence electrons. The molecule has 3 aromatic rings. The molecule has 6 nitrogen and oxygen atoms in total. The Morgan fingerprint density at radius 3 is 2.90 bits per heavy atom. The highest BCUT2D eigenvalue weighted by molar-refractivity contribution is 9.10. The van der Waals surface area contributed by atoms with Gasteiger partial charge < -0.3 is 9.26 Å². The quantitative estimate of drug-likeness (QED) is 0.681. The van der Waals surface area contributed by atoms with Crippen LogP contribution in [-0.2, 0) is 4.74 Å². The fourth-order valence-electron chi connectivity index (χ4n) is 1.87. The van der Waals surface area contributed by atoms with Crippen LogP contribution in [0.2, 0.25) is 0 Å². The lowest BCUT2D eigenvalue weighted by Crippen LogP contribution is -2.00. The molecule has 21 heavy (non-hydrogen) atoms. The Kier molecular flexibility index (Phi) is 3.57. The molecule has 0 aliphatic rings. The van der Waals surface area contributed by atoms with Crippen molar-refractivity contribution in [1.82, 2.24) is 14.9 Å². The van der Waals surface area contributed by atoms with Crippen molar-refractivity contribution in [2.45, 2.75) is 0 Å². The van der Waals surface area contributed by atoms with Crippen molar-refractivity contribution in [3.8, 4) is 17.0 Å². The van der Waals surface area contributed by atoms with E-state index >= 15 is 0 Å². The normalized spacial score (nSPS) is 10.6. The average Bonchev–Trinajstić information content (AvgIpc) is 3.17. The smallest absolute Gasteiger partial charge is 0.360 e. The highest BCUT2D eigenvalue weighted by Gasteiger charge is 2.14. The van der Waals surface area contributed by atoms with Crippen LogP contribution >= 0.6 is 15.9 Å². The molecule has 0 aliphatic carbocycles. The maximum Gasteiger partial charge on any atom is 0.360 e. The SMILES string of the molecule is COC(=O)c1cc(-c2ccc(-n3cccn3)c(Br)c2)on1. The van der Waals surface area contributed by atoms with Crippen LogP contribution in [0.4, 0.5) is 0 Å². The van der Waals surface area contributed by atoms with E-state index in [1.165, 1.54) is 7.11 Å². The molecule has 1 aromatic carbocycles. The lowest BCUT2D eigenvalue weighted by molar-refractivity contribution is 0.0589. The van der Waals surface area contributed by atoms with Gasteiger partial charge in [0.1, 0.15) is 0 Å². The number of hydrogen-bond acceptors (Lipinski definition) is 5. The van der Waals surface area contributed by atoms with Gasteiger partial charge in [-0.1, -0.05) is 5.16 Å². The van der Waals surface area contributed by atoms with Crippen LogP contribution in [0.1, 0.15) is 10.5 Å². The summed E-state index contributed by atoms with van der Waals surface area (Å²) >= 11 is 3.50. The van der Waals surface area contributed by atoms with Crippen molar-refractivity contribution < 1.29 is 14.1 Å². The van der Waals surface area contributed by atoms with E-state index in [0.29, 0.717) is 5.76 Å². The third-order valence-electron chi connectivity index (χ3n) is 2.89. The molecule has 2 aromatic heterocycles. The predicted octanol–water partition coefficient (Wildman–Crippen LogP) is 3.08. The van der Waals surface area contributed by atoms with Gasteiger partial charge in [-0.3, -0.25) is 0 Å². The second-order valence-corrected chi connectivity index (χ2v) is 5.04. The maximum atomic E-state index is 11.4. The van der Waals surface area contributed by atoms with Gasteiger partial charge in [0.2, 0.25) is 0 Å². The van der Waals surface area contributed by atoms with E-state index in [9.17, 15) is 4.79 Å². The van der Waals surface area contributed by atoms with E-state index in [1.54, 1.807) is 16.9 Å². The highest BCUT2D eigenvalue weighted by atomic mass is 79.9. The minimum Gasteiger partial charge on any atom is -0.464 e. The van der Waals surface area contributed by atoms with Gasteiger partial charge in [0, 0.05) is 28.5 Å². The Morgan fingerprint density at radius 2 is 2.24 bits per heavy atom. The molecule has 0 N–H and O–H groups in total. The molecule has 0 atom stereocenters. The first-order chi connectivity index (χ1) is 10.2. The third kappa shape index (κ3) is 2.59. The molecule has 0 amide bonds. The molecule has 0 saturated heterocycles. The summed E-state index contributed by atoms with van der Waals surface area (Å²) in [5, 5.41) is 7.86. The first-order valence-corrected chi connectivity index (χ1v) is 6.83. The number of esters is 1. The summed E-state index contributed by atoms with van der Waals surface area (Å²) in [6.07, 6.45) is 3.56. The highest BCUT2D eigenvalue weighted by Crippen LogP contribution is 2.28. The van der Waals surface area contributed by atoms with Crippen molar-refractivity contribution in [3.05, 3.63) is 52.9 Å². The van der Waals surface area contributed by atoms with Gasteiger partial charge in [0.15, 0.2) is 11.5 Å². The van der Waals surface area contributed by atoms with Crippen LogP contribution in [0.15, 0.2) is 51.7 Å². The van der Waals surface area contributed by atoms with E-state index in [2.05, 4.69) is 30.9 Å². The van der Waals surface area contributed by atoms with Gasteiger partial charge >= 0.3 is 5.97 Å². The molecular formula is C14H10BrN3O3. The third-order valence-corrected chi connectivity index (χ3v) is 3.52. The summed E-state index contributed by atoms with van der Waals surface area (Å²) in [5.74, 6) is -0.0413. The zero-order valence-corrected chi connectivity index (χ0v) is 12.6. The van der Waals surface area contributed by atoms with Gasteiger partial charge in [-0.25, -0.2) is 9.48 Å². The number of nitrogens with zero attached hydrogens (tertiary/aromatic N) is 3. The number of carbonyl (C=O) groups excluding carboxylic acids is 1. The summed E-state index contributed by atoms with van der Waals surface area (Å²) in [5.41, 5.74) is 1.83. The summed E-state index contributed by atoms with van der Waals surface area (Å²) in [4.78, 5) is 11.4. The Hall–Kier alpha value is -2.41. The average molecular weight is 348 g/mol. The Bertz CT molecular complexity index is 781. The fourth-order valence-corrected chi connectivity index (χ4v) is 2.43.